The first-order valence-electron chi connectivity index (χ1n) is 17.3. The van der Waals surface area contributed by atoms with Crippen LogP contribution in [0.25, 0.3) is 0 Å². The fourth-order valence-electron chi connectivity index (χ4n) is 7.80. The quantitative estimate of drug-likeness (QED) is 0.215. The van der Waals surface area contributed by atoms with Crippen molar-refractivity contribution in [2.75, 3.05) is 77.9 Å². The van der Waals surface area contributed by atoms with E-state index in [0.717, 1.165) is 43.9 Å². The van der Waals surface area contributed by atoms with Gasteiger partial charge < -0.3 is 9.80 Å². The molecule has 2 heterocycles. The van der Waals surface area contributed by atoms with Crippen LogP contribution in [0, 0.1) is 17.8 Å². The Balaban J connectivity index is 1.20. The van der Waals surface area contributed by atoms with E-state index in [1.165, 1.54) is 132 Å². The van der Waals surface area contributed by atoms with Crippen LogP contribution >= 0.6 is 24.1 Å². The van der Waals surface area contributed by atoms with E-state index in [1.807, 2.05) is 24.1 Å². The number of anilines is 1. The van der Waals surface area contributed by atoms with E-state index in [-0.39, 0.29) is 0 Å². The number of hydrogen-bond donors (Lipinski definition) is 0. The summed E-state index contributed by atoms with van der Waals surface area (Å²) >= 11 is 3.97. The lowest BCUT2D eigenvalue weighted by Gasteiger charge is -2.37. The maximum absolute atomic E-state index is 4.63. The molecule has 2 saturated carbocycles. The van der Waals surface area contributed by atoms with Gasteiger partial charge in [0.05, 0.1) is 0 Å². The molecular formula is C35H59N5S2. The molecule has 2 aliphatic carbocycles. The molecule has 0 amide bonds. The number of benzene rings is 1. The van der Waals surface area contributed by atoms with E-state index in [4.69, 9.17) is 0 Å². The Hall–Kier alpha value is -0.700. The van der Waals surface area contributed by atoms with Crippen LogP contribution < -0.4 is 4.90 Å². The third kappa shape index (κ3) is 10.4. The monoisotopic (exact) mass is 613 g/mol. The van der Waals surface area contributed by atoms with Crippen LogP contribution in [0.2, 0.25) is 0 Å². The molecule has 1 aromatic carbocycles. The molecule has 0 spiro atoms. The molecule has 5 rings (SSSR count). The van der Waals surface area contributed by atoms with Crippen molar-refractivity contribution in [2.24, 2.45) is 17.8 Å². The van der Waals surface area contributed by atoms with Gasteiger partial charge in [-0.05, 0) is 111 Å². The van der Waals surface area contributed by atoms with Gasteiger partial charge in [-0.25, -0.2) is 12.9 Å². The van der Waals surface area contributed by atoms with Gasteiger partial charge in [-0.2, -0.15) is 0 Å². The average Bonchev–Trinajstić information content (AvgIpc) is 3.53. The molecule has 5 nitrogen and oxygen atoms in total. The van der Waals surface area contributed by atoms with Crippen molar-refractivity contribution >= 4 is 29.8 Å². The summed E-state index contributed by atoms with van der Waals surface area (Å²) in [7, 11) is 4.23. The fourth-order valence-corrected chi connectivity index (χ4v) is 9.98. The Morgan fingerprint density at radius 2 is 1.26 bits per heavy atom. The Bertz CT molecular complexity index is 920. The second kappa shape index (κ2) is 17.1. The zero-order valence-electron chi connectivity index (χ0n) is 26.9. The Morgan fingerprint density at radius 3 is 1.93 bits per heavy atom. The molecular weight excluding hydrogens is 555 g/mol. The van der Waals surface area contributed by atoms with Gasteiger partial charge in [0.2, 0.25) is 0 Å². The highest BCUT2D eigenvalue weighted by Gasteiger charge is 2.30. The SMILES string of the molecule is C=C1CN(Sc2ccc(N(C)C)cc2)CCCN(CC2CCCCC2)CCCN(SN2CCC(C3CCCC3)CC2)C1. The zero-order valence-corrected chi connectivity index (χ0v) is 28.5. The minimum absolute atomic E-state index is 0.916. The zero-order chi connectivity index (χ0) is 29.1. The van der Waals surface area contributed by atoms with Crippen LogP contribution in [-0.4, -0.2) is 90.8 Å². The topological polar surface area (TPSA) is 16.2 Å². The summed E-state index contributed by atoms with van der Waals surface area (Å²) in [6.45, 7) is 15.1. The maximum atomic E-state index is 4.63. The lowest BCUT2D eigenvalue weighted by molar-refractivity contribution is 0.188. The minimum Gasteiger partial charge on any atom is -0.378 e. The van der Waals surface area contributed by atoms with Crippen LogP contribution in [-0.2, 0) is 0 Å². The molecule has 0 unspecified atom stereocenters. The highest BCUT2D eigenvalue weighted by atomic mass is 32.2. The van der Waals surface area contributed by atoms with Crippen molar-refractivity contribution in [3.05, 3.63) is 36.4 Å². The lowest BCUT2D eigenvalue weighted by atomic mass is 9.84. The van der Waals surface area contributed by atoms with Gasteiger partial charge in [-0.3, -0.25) is 0 Å². The van der Waals surface area contributed by atoms with Gasteiger partial charge in [-0.15, -0.1) is 0 Å². The highest BCUT2D eigenvalue weighted by molar-refractivity contribution is 7.97. The van der Waals surface area contributed by atoms with Crippen molar-refractivity contribution in [1.29, 1.82) is 0 Å². The normalized spacial score (nSPS) is 25.0. The molecule has 4 fully saturated rings. The van der Waals surface area contributed by atoms with Gasteiger partial charge in [0.15, 0.2) is 0 Å². The Morgan fingerprint density at radius 1 is 0.667 bits per heavy atom. The molecule has 4 aliphatic rings. The molecule has 2 aliphatic heterocycles. The third-order valence-corrected chi connectivity index (χ3v) is 12.4. The molecule has 2 saturated heterocycles. The Labute approximate surface area is 267 Å². The molecule has 0 bridgehead atoms. The first-order chi connectivity index (χ1) is 20.5. The number of nitrogens with zero attached hydrogens (tertiary/aromatic N) is 5. The summed E-state index contributed by atoms with van der Waals surface area (Å²) in [6.07, 6.45) is 18.5. The molecule has 0 aromatic heterocycles. The predicted molar refractivity (Wildman–Crippen MR) is 185 cm³/mol. The summed E-state index contributed by atoms with van der Waals surface area (Å²) in [5.74, 6) is 2.92. The van der Waals surface area contributed by atoms with E-state index < -0.39 is 0 Å². The maximum Gasteiger partial charge on any atom is 0.0361 e. The average molecular weight is 614 g/mol. The van der Waals surface area contributed by atoms with Crippen LogP contribution in [0.5, 0.6) is 0 Å². The van der Waals surface area contributed by atoms with E-state index in [2.05, 4.69) is 67.7 Å². The van der Waals surface area contributed by atoms with Crippen LogP contribution in [0.15, 0.2) is 41.3 Å². The van der Waals surface area contributed by atoms with E-state index >= 15 is 0 Å². The molecule has 236 valence electrons. The summed E-state index contributed by atoms with van der Waals surface area (Å²) in [5, 5.41) is 0. The van der Waals surface area contributed by atoms with E-state index in [9.17, 15) is 0 Å². The number of hydrogen-bond acceptors (Lipinski definition) is 7. The Kier molecular flexibility index (Phi) is 13.3. The van der Waals surface area contributed by atoms with Crippen molar-refractivity contribution in [1.82, 2.24) is 17.8 Å². The van der Waals surface area contributed by atoms with Gasteiger partial charge in [0.1, 0.15) is 0 Å². The number of piperidine rings is 1. The van der Waals surface area contributed by atoms with Gasteiger partial charge in [0, 0.05) is 82.6 Å². The van der Waals surface area contributed by atoms with E-state index in [0.29, 0.717) is 0 Å². The summed E-state index contributed by atoms with van der Waals surface area (Å²) in [6, 6.07) is 9.05. The first kappa shape index (κ1) is 32.7. The second-order valence-electron chi connectivity index (χ2n) is 13.9. The summed E-state index contributed by atoms with van der Waals surface area (Å²) in [5.41, 5.74) is 2.61. The van der Waals surface area contributed by atoms with Gasteiger partial charge >= 0.3 is 0 Å². The van der Waals surface area contributed by atoms with Crippen molar-refractivity contribution in [3.63, 3.8) is 0 Å². The minimum atomic E-state index is 0.916. The standard InChI is InChI=1S/C35H59N5S2/c1-30-27-39(41-35-17-15-34(16-18-35)36(2)3)23-9-21-37(29-31-11-5-4-6-12-31)22-10-24-40(28-30)42-38-25-19-33(20-26-38)32-13-7-8-14-32/h15-18,31-33H,1,4-14,19-29H2,2-3H3. The molecule has 0 radical (unpaired) electrons. The van der Waals surface area contributed by atoms with Crippen LogP contribution in [0.1, 0.15) is 83.5 Å². The van der Waals surface area contributed by atoms with Crippen molar-refractivity contribution < 1.29 is 0 Å². The highest BCUT2D eigenvalue weighted by Crippen LogP contribution is 2.38. The van der Waals surface area contributed by atoms with Crippen molar-refractivity contribution in [2.45, 2.75) is 88.4 Å². The van der Waals surface area contributed by atoms with E-state index in [1.54, 1.807) is 0 Å². The molecule has 1 aromatic rings. The second-order valence-corrected chi connectivity index (χ2v) is 16.2. The number of rotatable bonds is 8. The predicted octanol–water partition coefficient (Wildman–Crippen LogP) is 8.06. The smallest absolute Gasteiger partial charge is 0.0361 e. The summed E-state index contributed by atoms with van der Waals surface area (Å²) in [4.78, 5) is 6.34. The fraction of sp³-hybridized carbons (Fsp3) is 0.771. The molecule has 0 N–H and O–H groups in total. The van der Waals surface area contributed by atoms with Crippen LogP contribution in [0.4, 0.5) is 5.69 Å². The van der Waals surface area contributed by atoms with Gasteiger partial charge in [0.25, 0.3) is 0 Å². The van der Waals surface area contributed by atoms with Crippen LogP contribution in [0.3, 0.4) is 0 Å². The summed E-state index contributed by atoms with van der Waals surface area (Å²) < 4.78 is 7.93. The van der Waals surface area contributed by atoms with Gasteiger partial charge in [-0.1, -0.05) is 51.5 Å². The molecule has 7 heteroatoms. The third-order valence-electron chi connectivity index (χ3n) is 10.2. The first-order valence-corrected chi connectivity index (χ1v) is 18.8. The molecule has 0 atom stereocenters. The molecule has 42 heavy (non-hydrogen) atoms. The van der Waals surface area contributed by atoms with Crippen molar-refractivity contribution in [3.8, 4) is 0 Å². The largest absolute Gasteiger partial charge is 0.378 e. The lowest BCUT2D eigenvalue weighted by Crippen LogP contribution is -2.38.